The van der Waals surface area contributed by atoms with Crippen molar-refractivity contribution in [2.75, 3.05) is 37.6 Å². The summed E-state index contributed by atoms with van der Waals surface area (Å²) in [4.78, 5) is 27.7. The highest BCUT2D eigenvalue weighted by Crippen LogP contribution is 2.32. The first kappa shape index (κ1) is 25.9. The quantitative estimate of drug-likeness (QED) is 0.335. The number of nitrogens with zero attached hydrogens (tertiary/aromatic N) is 4. The fourth-order valence-electron chi connectivity index (χ4n) is 4.70. The Labute approximate surface area is 197 Å². The van der Waals surface area contributed by atoms with Crippen LogP contribution in [-0.2, 0) is 15.8 Å². The molecule has 3 rings (SSSR count). The summed E-state index contributed by atoms with van der Waals surface area (Å²) in [5.41, 5.74) is 0.0220. The molecule has 0 atom stereocenters. The minimum Gasteiger partial charge on any atom is -0.369 e. The standard InChI is InChI=1S/C23H33F3N6O2/c24-23(25,26)18-2-1-3-20(16-18)32-14-12-31(13-15-32)11-10-17-4-6-19(7-5-17)28-21(33)8-9-22(34)29-30-27/h1-3,16-17,19H,4-15H2,(H,28,33)(H2,27,29,34). The maximum Gasteiger partial charge on any atom is 0.416 e. The molecule has 3 N–H and O–H groups in total. The molecule has 0 spiro atoms. The van der Waals surface area contributed by atoms with E-state index in [0.717, 1.165) is 70.9 Å². The third-order valence-electron chi connectivity index (χ3n) is 6.71. The van der Waals surface area contributed by atoms with Crippen LogP contribution < -0.4 is 16.1 Å². The number of hydrogen-bond acceptors (Lipinski definition) is 5. The van der Waals surface area contributed by atoms with E-state index in [2.05, 4.69) is 20.6 Å². The average Bonchev–Trinajstić information content (AvgIpc) is 2.82. The third kappa shape index (κ3) is 7.96. The van der Waals surface area contributed by atoms with E-state index in [1.807, 2.05) is 4.90 Å². The Morgan fingerprint density at radius 2 is 1.76 bits per heavy atom. The van der Waals surface area contributed by atoms with Crippen molar-refractivity contribution in [2.45, 2.75) is 57.2 Å². The first-order chi connectivity index (χ1) is 16.2. The molecule has 1 aromatic carbocycles. The van der Waals surface area contributed by atoms with Crippen LogP contribution in [0.25, 0.3) is 0 Å². The molecule has 188 valence electrons. The van der Waals surface area contributed by atoms with Crippen molar-refractivity contribution >= 4 is 17.5 Å². The Morgan fingerprint density at radius 1 is 1.06 bits per heavy atom. The molecule has 0 aromatic heterocycles. The van der Waals surface area contributed by atoms with Crippen molar-refractivity contribution in [3.05, 3.63) is 29.8 Å². The van der Waals surface area contributed by atoms with Crippen molar-refractivity contribution in [1.82, 2.24) is 10.2 Å². The molecule has 2 aliphatic rings. The number of benzene rings is 1. The predicted molar refractivity (Wildman–Crippen MR) is 122 cm³/mol. The van der Waals surface area contributed by atoms with E-state index in [0.29, 0.717) is 11.6 Å². The summed E-state index contributed by atoms with van der Waals surface area (Å²) in [5.74, 6) is 4.78. The molecule has 11 heteroatoms. The van der Waals surface area contributed by atoms with Crippen LogP contribution in [0.1, 0.15) is 50.5 Å². The zero-order valence-electron chi connectivity index (χ0n) is 19.3. The molecule has 1 aliphatic heterocycles. The van der Waals surface area contributed by atoms with Crippen LogP contribution in [0.15, 0.2) is 34.6 Å². The van der Waals surface area contributed by atoms with Crippen molar-refractivity contribution in [2.24, 2.45) is 22.1 Å². The molecule has 0 bridgehead atoms. The van der Waals surface area contributed by atoms with Crippen LogP contribution >= 0.6 is 0 Å². The SMILES string of the molecule is NN=NC(=O)CCC(=O)NC1CCC(CCN2CCN(c3cccc(C(F)(F)F)c3)CC2)CC1. The molecule has 8 nitrogen and oxygen atoms in total. The Kier molecular flexibility index (Phi) is 9.26. The van der Waals surface area contributed by atoms with E-state index in [1.165, 1.54) is 12.1 Å². The number of nitrogens with two attached hydrogens (primary N) is 1. The first-order valence-corrected chi connectivity index (χ1v) is 11.8. The molecule has 0 unspecified atom stereocenters. The van der Waals surface area contributed by atoms with Gasteiger partial charge in [0.05, 0.1) is 5.56 Å². The van der Waals surface area contributed by atoms with Gasteiger partial charge in [0, 0.05) is 50.7 Å². The molecule has 2 fully saturated rings. The van der Waals surface area contributed by atoms with Gasteiger partial charge in [-0.05, 0) is 62.8 Å². The van der Waals surface area contributed by atoms with Crippen LogP contribution in [0.5, 0.6) is 0 Å². The van der Waals surface area contributed by atoms with E-state index in [9.17, 15) is 22.8 Å². The lowest BCUT2D eigenvalue weighted by Gasteiger charge is -2.37. The summed E-state index contributed by atoms with van der Waals surface area (Å²) in [6.07, 6.45) is 0.809. The predicted octanol–water partition coefficient (Wildman–Crippen LogP) is 3.53. The number of alkyl halides is 3. The van der Waals surface area contributed by atoms with Crippen LogP contribution in [-0.4, -0.2) is 55.5 Å². The Bertz CT molecular complexity index is 847. The van der Waals surface area contributed by atoms with Gasteiger partial charge in [0.2, 0.25) is 5.91 Å². The number of amides is 2. The summed E-state index contributed by atoms with van der Waals surface area (Å²) in [7, 11) is 0. The van der Waals surface area contributed by atoms with Crippen LogP contribution in [0.3, 0.4) is 0 Å². The molecule has 1 heterocycles. The number of hydrogen-bond donors (Lipinski definition) is 2. The number of rotatable bonds is 8. The number of carbonyl (C=O) groups is 2. The second-order valence-corrected chi connectivity index (χ2v) is 9.06. The molecule has 0 radical (unpaired) electrons. The van der Waals surface area contributed by atoms with Gasteiger partial charge in [-0.1, -0.05) is 16.4 Å². The van der Waals surface area contributed by atoms with Crippen molar-refractivity contribution in [3.8, 4) is 0 Å². The lowest BCUT2D eigenvalue weighted by Crippen LogP contribution is -2.47. The van der Waals surface area contributed by atoms with Gasteiger partial charge in [0.15, 0.2) is 0 Å². The van der Waals surface area contributed by atoms with Gasteiger partial charge >= 0.3 is 6.18 Å². The number of anilines is 1. The Morgan fingerprint density at radius 3 is 2.41 bits per heavy atom. The van der Waals surface area contributed by atoms with Gasteiger partial charge in [-0.3, -0.25) is 14.5 Å². The van der Waals surface area contributed by atoms with E-state index < -0.39 is 17.6 Å². The lowest BCUT2D eigenvalue weighted by molar-refractivity contribution is -0.137. The van der Waals surface area contributed by atoms with Gasteiger partial charge < -0.3 is 16.1 Å². The van der Waals surface area contributed by atoms with Crippen LogP contribution in [0.2, 0.25) is 0 Å². The third-order valence-corrected chi connectivity index (χ3v) is 6.71. The molecule has 1 aromatic rings. The molecular formula is C23H33F3N6O2. The zero-order chi connectivity index (χ0) is 24.6. The van der Waals surface area contributed by atoms with Crippen molar-refractivity contribution < 1.29 is 22.8 Å². The second-order valence-electron chi connectivity index (χ2n) is 9.06. The van der Waals surface area contributed by atoms with Gasteiger partial charge in [-0.25, -0.2) is 0 Å². The maximum absolute atomic E-state index is 13.0. The molecule has 1 saturated carbocycles. The number of halogens is 3. The Hall–Kier alpha value is -2.69. The van der Waals surface area contributed by atoms with E-state index in [4.69, 9.17) is 5.84 Å². The number of piperazine rings is 1. The van der Waals surface area contributed by atoms with Gasteiger partial charge in [0.25, 0.3) is 5.91 Å². The minimum atomic E-state index is -4.32. The Balaban J connectivity index is 1.32. The van der Waals surface area contributed by atoms with E-state index in [-0.39, 0.29) is 24.8 Å². The van der Waals surface area contributed by atoms with Gasteiger partial charge in [0.1, 0.15) is 0 Å². The first-order valence-electron chi connectivity index (χ1n) is 11.8. The highest BCUT2D eigenvalue weighted by Gasteiger charge is 2.31. The van der Waals surface area contributed by atoms with Crippen molar-refractivity contribution in [1.29, 1.82) is 0 Å². The molecular weight excluding hydrogens is 449 g/mol. The summed E-state index contributed by atoms with van der Waals surface area (Å²) in [6.45, 7) is 4.09. The average molecular weight is 483 g/mol. The number of carbonyl (C=O) groups excluding carboxylic acids is 2. The lowest BCUT2D eigenvalue weighted by atomic mass is 9.84. The molecule has 2 amide bonds. The van der Waals surface area contributed by atoms with E-state index >= 15 is 0 Å². The second kappa shape index (κ2) is 12.1. The minimum absolute atomic E-state index is 0.00288. The molecule has 34 heavy (non-hydrogen) atoms. The van der Waals surface area contributed by atoms with Crippen LogP contribution in [0, 0.1) is 5.92 Å². The molecule has 1 saturated heterocycles. The van der Waals surface area contributed by atoms with Gasteiger partial charge in [-0.2, -0.15) is 13.2 Å². The van der Waals surface area contributed by atoms with Gasteiger partial charge in [-0.15, -0.1) is 0 Å². The molecule has 1 aliphatic carbocycles. The summed E-state index contributed by atoms with van der Waals surface area (Å²) < 4.78 is 38.9. The fraction of sp³-hybridized carbons (Fsp3) is 0.652. The smallest absolute Gasteiger partial charge is 0.369 e. The highest BCUT2D eigenvalue weighted by molar-refractivity contribution is 5.83. The maximum atomic E-state index is 13.0. The van der Waals surface area contributed by atoms with Crippen molar-refractivity contribution in [3.63, 3.8) is 0 Å². The fourth-order valence-corrected chi connectivity index (χ4v) is 4.70. The highest BCUT2D eigenvalue weighted by atomic mass is 19.4. The largest absolute Gasteiger partial charge is 0.416 e. The summed E-state index contributed by atoms with van der Waals surface area (Å²) in [5, 5.41) is 9.09. The van der Waals surface area contributed by atoms with E-state index in [1.54, 1.807) is 6.07 Å². The van der Waals surface area contributed by atoms with Crippen LogP contribution in [0.4, 0.5) is 18.9 Å². The summed E-state index contributed by atoms with van der Waals surface area (Å²) in [6, 6.07) is 5.70. The topological polar surface area (TPSA) is 103 Å². The zero-order valence-corrected chi connectivity index (χ0v) is 19.3. The monoisotopic (exact) mass is 482 g/mol. The normalized spacial score (nSPS) is 22.1. The number of nitrogens with one attached hydrogen (secondary N) is 1. The summed E-state index contributed by atoms with van der Waals surface area (Å²) >= 11 is 0.